The van der Waals surface area contributed by atoms with Gasteiger partial charge in [-0.15, -0.1) is 0 Å². The van der Waals surface area contributed by atoms with Crippen molar-refractivity contribution in [2.45, 2.75) is 0 Å². The van der Waals surface area contributed by atoms with E-state index in [0.29, 0.717) is 0 Å². The van der Waals surface area contributed by atoms with Crippen LogP contribution in [0.4, 0.5) is 35.1 Å². The van der Waals surface area contributed by atoms with Gasteiger partial charge in [-0.3, -0.25) is 0 Å². The van der Waals surface area contributed by atoms with Crippen molar-refractivity contribution >= 4 is 21.5 Å². The average molecular weight is 354 g/mol. The van der Waals surface area contributed by atoms with Crippen molar-refractivity contribution in [3.05, 3.63) is 46.5 Å². The first-order valence-corrected chi connectivity index (χ1v) is 5.96. The number of halogens is 8. The van der Waals surface area contributed by atoms with Crippen LogP contribution in [0.5, 0.6) is 11.5 Å². The molecule has 0 aromatic heterocycles. The van der Waals surface area contributed by atoms with Crippen LogP contribution in [0.25, 0.3) is 21.5 Å². The summed E-state index contributed by atoms with van der Waals surface area (Å²) in [5.74, 6) is -22.2. The number of phenols is 2. The first-order chi connectivity index (χ1) is 11.1. The molecule has 3 aromatic rings. The molecular formula is C14H2F8O2. The van der Waals surface area contributed by atoms with E-state index in [1.165, 1.54) is 0 Å². The minimum absolute atomic E-state index is 1.57. The predicted molar refractivity (Wildman–Crippen MR) is 64.4 cm³/mol. The molecule has 0 unspecified atom stereocenters. The lowest BCUT2D eigenvalue weighted by atomic mass is 9.97. The maximum atomic E-state index is 14.0. The van der Waals surface area contributed by atoms with Crippen LogP contribution in [0.15, 0.2) is 0 Å². The Kier molecular flexibility index (Phi) is 3.26. The van der Waals surface area contributed by atoms with Gasteiger partial charge < -0.3 is 10.2 Å². The average Bonchev–Trinajstić information content (AvgIpc) is 2.56. The summed E-state index contributed by atoms with van der Waals surface area (Å²) in [5.41, 5.74) is 0. The maximum Gasteiger partial charge on any atom is 0.204 e. The number of benzene rings is 3. The van der Waals surface area contributed by atoms with Crippen LogP contribution in [-0.2, 0) is 0 Å². The number of rotatable bonds is 0. The van der Waals surface area contributed by atoms with E-state index in [-0.39, 0.29) is 0 Å². The van der Waals surface area contributed by atoms with Gasteiger partial charge in [0, 0.05) is 10.8 Å². The molecule has 0 aliphatic carbocycles. The molecule has 0 heterocycles. The van der Waals surface area contributed by atoms with Gasteiger partial charge in [-0.2, -0.15) is 4.39 Å². The molecule has 0 saturated heterocycles. The molecule has 10 heteroatoms. The zero-order valence-corrected chi connectivity index (χ0v) is 10.9. The maximum absolute atomic E-state index is 14.0. The Morgan fingerprint density at radius 3 is 1.21 bits per heavy atom. The Labute approximate surface area is 126 Å². The molecule has 0 atom stereocenters. The van der Waals surface area contributed by atoms with E-state index < -0.39 is 79.6 Å². The fourth-order valence-electron chi connectivity index (χ4n) is 2.40. The van der Waals surface area contributed by atoms with E-state index in [1.54, 1.807) is 0 Å². The monoisotopic (exact) mass is 354 g/mol. The van der Waals surface area contributed by atoms with Crippen LogP contribution in [0.3, 0.4) is 0 Å². The van der Waals surface area contributed by atoms with Crippen molar-refractivity contribution < 1.29 is 45.3 Å². The summed E-state index contributed by atoms with van der Waals surface area (Å²) in [6.45, 7) is 0. The molecule has 0 radical (unpaired) electrons. The van der Waals surface area contributed by atoms with Gasteiger partial charge in [-0.1, -0.05) is 0 Å². The smallest absolute Gasteiger partial charge is 0.204 e. The van der Waals surface area contributed by atoms with Crippen LogP contribution < -0.4 is 0 Å². The first-order valence-electron chi connectivity index (χ1n) is 5.96. The van der Waals surface area contributed by atoms with Crippen LogP contribution in [0, 0.1) is 46.5 Å². The number of hydrogen-bond acceptors (Lipinski definition) is 2. The Morgan fingerprint density at radius 2 is 0.667 bits per heavy atom. The van der Waals surface area contributed by atoms with E-state index in [2.05, 4.69) is 0 Å². The molecule has 126 valence electrons. The highest BCUT2D eigenvalue weighted by atomic mass is 19.2. The Hall–Kier alpha value is -2.78. The summed E-state index contributed by atoms with van der Waals surface area (Å²) < 4.78 is 110. The van der Waals surface area contributed by atoms with E-state index in [9.17, 15) is 40.2 Å². The molecule has 3 rings (SSSR count). The van der Waals surface area contributed by atoms with Gasteiger partial charge in [0.05, 0.1) is 10.8 Å². The molecule has 2 nitrogen and oxygen atoms in total. The molecule has 0 saturated carbocycles. The third kappa shape index (κ3) is 1.70. The van der Waals surface area contributed by atoms with Crippen LogP contribution in [-0.4, -0.2) is 10.2 Å². The number of aromatic hydroxyl groups is 2. The minimum atomic E-state index is -2.50. The van der Waals surface area contributed by atoms with Crippen molar-refractivity contribution in [2.75, 3.05) is 0 Å². The molecule has 0 aliphatic heterocycles. The van der Waals surface area contributed by atoms with Crippen LogP contribution in [0.1, 0.15) is 0 Å². The van der Waals surface area contributed by atoms with Crippen LogP contribution >= 0.6 is 0 Å². The topological polar surface area (TPSA) is 40.5 Å². The lowest BCUT2D eigenvalue weighted by molar-refractivity contribution is 0.368. The van der Waals surface area contributed by atoms with E-state index in [0.717, 1.165) is 0 Å². The van der Waals surface area contributed by atoms with Gasteiger partial charge in [-0.05, 0) is 0 Å². The molecule has 24 heavy (non-hydrogen) atoms. The number of fused-ring (bicyclic) bond motifs is 3. The van der Waals surface area contributed by atoms with Crippen molar-refractivity contribution in [2.24, 2.45) is 0 Å². The summed E-state index contributed by atoms with van der Waals surface area (Å²) in [6.07, 6.45) is 0. The van der Waals surface area contributed by atoms with Crippen molar-refractivity contribution in [1.29, 1.82) is 0 Å². The molecule has 0 bridgehead atoms. The fourth-order valence-corrected chi connectivity index (χ4v) is 2.40. The molecule has 0 fully saturated rings. The highest BCUT2D eigenvalue weighted by Gasteiger charge is 2.32. The number of phenolic OH excluding ortho intramolecular Hbond substituents is 2. The van der Waals surface area contributed by atoms with Gasteiger partial charge in [0.25, 0.3) is 0 Å². The fraction of sp³-hybridized carbons (Fsp3) is 0. The highest BCUT2D eigenvalue weighted by molar-refractivity contribution is 6.11. The predicted octanol–water partition coefficient (Wildman–Crippen LogP) is 4.52. The summed E-state index contributed by atoms with van der Waals surface area (Å²) in [6, 6.07) is 0. The molecule has 0 aliphatic rings. The normalized spacial score (nSPS) is 11.7. The summed E-state index contributed by atoms with van der Waals surface area (Å²) in [5, 5.41) is 11.9. The summed E-state index contributed by atoms with van der Waals surface area (Å²) >= 11 is 0. The molecular weight excluding hydrogens is 352 g/mol. The summed E-state index contributed by atoms with van der Waals surface area (Å²) in [7, 11) is 0. The minimum Gasteiger partial charge on any atom is -0.504 e. The van der Waals surface area contributed by atoms with E-state index >= 15 is 0 Å². The number of hydrogen-bond donors (Lipinski definition) is 2. The summed E-state index contributed by atoms with van der Waals surface area (Å²) in [4.78, 5) is 0. The van der Waals surface area contributed by atoms with Gasteiger partial charge in [0.1, 0.15) is 0 Å². The molecule has 0 spiro atoms. The zero-order chi connectivity index (χ0) is 18.1. The second-order valence-corrected chi connectivity index (χ2v) is 4.71. The van der Waals surface area contributed by atoms with Crippen molar-refractivity contribution in [1.82, 2.24) is 0 Å². The van der Waals surface area contributed by atoms with Crippen molar-refractivity contribution in [3.63, 3.8) is 0 Å². The Bertz CT molecular complexity index is 976. The zero-order valence-electron chi connectivity index (χ0n) is 10.9. The third-order valence-corrected chi connectivity index (χ3v) is 3.48. The first kappa shape index (κ1) is 16.1. The SMILES string of the molecule is Oc1c(F)c(F)c2c(c1O)c(F)c(F)c1c(F)c(F)c(F)c(F)c12. The van der Waals surface area contributed by atoms with Gasteiger partial charge in [-0.25, -0.2) is 30.7 Å². The van der Waals surface area contributed by atoms with E-state index in [4.69, 9.17) is 5.11 Å². The van der Waals surface area contributed by atoms with Gasteiger partial charge in [0.15, 0.2) is 52.2 Å². The lowest BCUT2D eigenvalue weighted by Gasteiger charge is -2.13. The van der Waals surface area contributed by atoms with E-state index in [1.807, 2.05) is 0 Å². The largest absolute Gasteiger partial charge is 0.504 e. The molecule has 2 N–H and O–H groups in total. The second kappa shape index (κ2) is 4.86. The lowest BCUT2D eigenvalue weighted by Crippen LogP contribution is -2.04. The van der Waals surface area contributed by atoms with Gasteiger partial charge in [0.2, 0.25) is 5.82 Å². The highest BCUT2D eigenvalue weighted by Crippen LogP contribution is 2.45. The second-order valence-electron chi connectivity index (χ2n) is 4.71. The van der Waals surface area contributed by atoms with Crippen LogP contribution in [0.2, 0.25) is 0 Å². The third-order valence-electron chi connectivity index (χ3n) is 3.48. The van der Waals surface area contributed by atoms with Gasteiger partial charge >= 0.3 is 0 Å². The Morgan fingerprint density at radius 1 is 0.333 bits per heavy atom. The standard InChI is InChI=1S/C14H2F8O2/c15-5-1-2-4(13(23)14(24)12(22)6(2)16)9(19)7(17)3(1)8(18)11(21)10(5)20/h23-24H. The quantitative estimate of drug-likeness (QED) is 0.205. The molecule has 0 amide bonds. The van der Waals surface area contributed by atoms with Crippen molar-refractivity contribution in [3.8, 4) is 11.5 Å². The Balaban J connectivity index is 2.87. The molecule has 3 aromatic carbocycles.